The van der Waals surface area contributed by atoms with Crippen LogP contribution in [0.25, 0.3) is 0 Å². The van der Waals surface area contributed by atoms with Crippen LogP contribution in [0.2, 0.25) is 0 Å². The zero-order valence-corrected chi connectivity index (χ0v) is 12.2. The largest absolute Gasteiger partial charge is 0.342 e. The molecule has 1 aliphatic heterocycles. The summed E-state index contributed by atoms with van der Waals surface area (Å²) in [7, 11) is 0. The van der Waals surface area contributed by atoms with E-state index >= 15 is 0 Å². The molecule has 20 heavy (non-hydrogen) atoms. The molecular formula is C16H25N3O. The normalized spacial score (nSPS) is 22.1. The van der Waals surface area contributed by atoms with Crippen molar-refractivity contribution < 1.29 is 4.79 Å². The Kier molecular flexibility index (Phi) is 4.08. The number of rotatable bonds is 3. The van der Waals surface area contributed by atoms with Crippen LogP contribution < -0.4 is 0 Å². The molecule has 1 aliphatic carbocycles. The minimum absolute atomic E-state index is 0.326. The summed E-state index contributed by atoms with van der Waals surface area (Å²) >= 11 is 0. The van der Waals surface area contributed by atoms with E-state index in [0.29, 0.717) is 17.7 Å². The Morgan fingerprint density at radius 2 is 2.05 bits per heavy atom. The Balaban J connectivity index is 1.52. The Bertz CT molecular complexity index is 433. The molecule has 1 N–H and O–H groups in total. The number of hydrogen-bond acceptors (Lipinski definition) is 2. The smallest absolute Gasteiger partial charge is 0.222 e. The van der Waals surface area contributed by atoms with E-state index in [1.54, 1.807) is 0 Å². The van der Waals surface area contributed by atoms with Crippen LogP contribution in [0, 0.1) is 5.41 Å². The average Bonchev–Trinajstić information content (AvgIpc) is 3.04. The molecule has 1 spiro atoms. The zero-order chi connectivity index (χ0) is 13.8. The number of hydrogen-bond donors (Lipinski definition) is 1. The van der Waals surface area contributed by atoms with Gasteiger partial charge in [-0.05, 0) is 36.7 Å². The number of amides is 1. The van der Waals surface area contributed by atoms with Crippen LogP contribution in [0.3, 0.4) is 0 Å². The fraction of sp³-hybridized carbons (Fsp3) is 0.750. The van der Waals surface area contributed by atoms with Gasteiger partial charge in [0.15, 0.2) is 0 Å². The predicted molar refractivity (Wildman–Crippen MR) is 78.2 cm³/mol. The summed E-state index contributed by atoms with van der Waals surface area (Å²) in [6.07, 6.45) is 14.5. The van der Waals surface area contributed by atoms with Crippen molar-refractivity contribution in [3.63, 3.8) is 0 Å². The fourth-order valence-corrected chi connectivity index (χ4v) is 3.86. The second-order valence-electron chi connectivity index (χ2n) is 6.59. The van der Waals surface area contributed by atoms with E-state index in [1.807, 2.05) is 12.4 Å². The van der Waals surface area contributed by atoms with Gasteiger partial charge in [0.1, 0.15) is 0 Å². The second kappa shape index (κ2) is 5.98. The molecule has 2 aliphatic rings. The van der Waals surface area contributed by atoms with Crippen LogP contribution in [0.4, 0.5) is 0 Å². The van der Waals surface area contributed by atoms with Crippen molar-refractivity contribution in [3.8, 4) is 0 Å². The van der Waals surface area contributed by atoms with Gasteiger partial charge < -0.3 is 4.90 Å². The molecule has 110 valence electrons. The number of H-pyrrole nitrogens is 1. The van der Waals surface area contributed by atoms with Gasteiger partial charge in [-0.1, -0.05) is 25.7 Å². The molecule has 0 aromatic carbocycles. The summed E-state index contributed by atoms with van der Waals surface area (Å²) < 4.78 is 0. The van der Waals surface area contributed by atoms with Crippen LogP contribution in [-0.4, -0.2) is 34.1 Å². The molecule has 1 saturated carbocycles. The monoisotopic (exact) mass is 275 g/mol. The zero-order valence-electron chi connectivity index (χ0n) is 12.2. The Morgan fingerprint density at radius 1 is 1.25 bits per heavy atom. The van der Waals surface area contributed by atoms with Crippen molar-refractivity contribution in [3.05, 3.63) is 18.0 Å². The first-order valence-electron chi connectivity index (χ1n) is 8.03. The highest BCUT2D eigenvalue weighted by Gasteiger charge is 2.39. The fourth-order valence-electron chi connectivity index (χ4n) is 3.86. The number of carbonyl (C=O) groups is 1. The second-order valence-corrected chi connectivity index (χ2v) is 6.59. The average molecular weight is 275 g/mol. The van der Waals surface area contributed by atoms with Gasteiger partial charge in [0.05, 0.1) is 6.20 Å². The quantitative estimate of drug-likeness (QED) is 0.922. The molecule has 1 amide bonds. The molecule has 2 fully saturated rings. The lowest BCUT2D eigenvalue weighted by Gasteiger charge is -2.27. The van der Waals surface area contributed by atoms with Gasteiger partial charge in [0, 0.05) is 25.7 Å². The van der Waals surface area contributed by atoms with E-state index in [-0.39, 0.29) is 0 Å². The molecule has 1 aromatic heterocycles. The third-order valence-electron chi connectivity index (χ3n) is 5.14. The molecule has 1 saturated heterocycles. The van der Waals surface area contributed by atoms with Crippen molar-refractivity contribution >= 4 is 5.91 Å². The molecule has 0 bridgehead atoms. The Hall–Kier alpha value is -1.32. The summed E-state index contributed by atoms with van der Waals surface area (Å²) in [5.74, 6) is 0.326. The van der Waals surface area contributed by atoms with Crippen LogP contribution in [-0.2, 0) is 11.2 Å². The molecule has 0 unspecified atom stereocenters. The number of aromatic nitrogens is 2. The van der Waals surface area contributed by atoms with Gasteiger partial charge in [-0.3, -0.25) is 9.89 Å². The summed E-state index contributed by atoms with van der Waals surface area (Å²) in [5, 5.41) is 6.73. The SMILES string of the molecule is O=C(CCc1cn[nH]c1)N1CCC2(CCCCCC2)C1. The number of aromatic amines is 1. The standard InChI is InChI=1S/C16H25N3O/c20-15(6-5-14-11-17-18-12-14)19-10-9-16(13-19)7-3-1-2-4-8-16/h11-12H,1-10,13H2,(H,17,18). The third kappa shape index (κ3) is 3.05. The van der Waals surface area contributed by atoms with Crippen LogP contribution in [0.5, 0.6) is 0 Å². The van der Waals surface area contributed by atoms with Gasteiger partial charge in [0.25, 0.3) is 0 Å². The maximum absolute atomic E-state index is 12.3. The van der Waals surface area contributed by atoms with Crippen molar-refractivity contribution in [2.75, 3.05) is 13.1 Å². The first kappa shape index (κ1) is 13.7. The Morgan fingerprint density at radius 3 is 2.75 bits per heavy atom. The van der Waals surface area contributed by atoms with Crippen LogP contribution in [0.1, 0.15) is 56.9 Å². The molecule has 1 aromatic rings. The van der Waals surface area contributed by atoms with E-state index in [4.69, 9.17) is 0 Å². The van der Waals surface area contributed by atoms with Crippen molar-refractivity contribution in [1.82, 2.24) is 15.1 Å². The van der Waals surface area contributed by atoms with Gasteiger partial charge in [-0.25, -0.2) is 0 Å². The minimum Gasteiger partial charge on any atom is -0.342 e. The molecule has 2 heterocycles. The van der Waals surface area contributed by atoms with E-state index in [9.17, 15) is 4.79 Å². The number of carbonyl (C=O) groups excluding carboxylic acids is 1. The van der Waals surface area contributed by atoms with Crippen LogP contribution >= 0.6 is 0 Å². The van der Waals surface area contributed by atoms with Gasteiger partial charge in [-0.2, -0.15) is 5.10 Å². The van der Waals surface area contributed by atoms with E-state index in [2.05, 4.69) is 15.1 Å². The predicted octanol–water partition coefficient (Wildman–Crippen LogP) is 2.92. The number of likely N-dealkylation sites (tertiary alicyclic amines) is 1. The molecule has 4 nitrogen and oxygen atoms in total. The van der Waals surface area contributed by atoms with Crippen LogP contribution in [0.15, 0.2) is 12.4 Å². The van der Waals surface area contributed by atoms with Gasteiger partial charge >= 0.3 is 0 Å². The van der Waals surface area contributed by atoms with E-state index < -0.39 is 0 Å². The lowest BCUT2D eigenvalue weighted by Crippen LogP contribution is -2.32. The summed E-state index contributed by atoms with van der Waals surface area (Å²) in [4.78, 5) is 14.5. The lowest BCUT2D eigenvalue weighted by atomic mass is 9.80. The van der Waals surface area contributed by atoms with Crippen molar-refractivity contribution in [2.24, 2.45) is 5.41 Å². The Labute approximate surface area is 120 Å². The molecule has 0 radical (unpaired) electrons. The summed E-state index contributed by atoms with van der Waals surface area (Å²) in [6.45, 7) is 1.99. The number of aryl methyl sites for hydroxylation is 1. The molecule has 0 atom stereocenters. The topological polar surface area (TPSA) is 49.0 Å². The highest BCUT2D eigenvalue weighted by Crippen LogP contribution is 2.42. The van der Waals surface area contributed by atoms with Crippen molar-refractivity contribution in [1.29, 1.82) is 0 Å². The maximum Gasteiger partial charge on any atom is 0.222 e. The minimum atomic E-state index is 0.326. The number of nitrogens with zero attached hydrogens (tertiary/aromatic N) is 2. The summed E-state index contributed by atoms with van der Waals surface area (Å²) in [6, 6.07) is 0. The van der Waals surface area contributed by atoms with Crippen molar-refractivity contribution in [2.45, 2.75) is 57.8 Å². The molecule has 3 rings (SSSR count). The maximum atomic E-state index is 12.3. The third-order valence-corrected chi connectivity index (χ3v) is 5.14. The first-order chi connectivity index (χ1) is 9.77. The first-order valence-corrected chi connectivity index (χ1v) is 8.03. The van der Waals surface area contributed by atoms with Gasteiger partial charge in [-0.15, -0.1) is 0 Å². The van der Waals surface area contributed by atoms with E-state index in [0.717, 1.165) is 25.1 Å². The summed E-state index contributed by atoms with van der Waals surface area (Å²) in [5.41, 5.74) is 1.59. The number of nitrogens with one attached hydrogen (secondary N) is 1. The lowest BCUT2D eigenvalue weighted by molar-refractivity contribution is -0.130. The van der Waals surface area contributed by atoms with E-state index in [1.165, 1.54) is 44.9 Å². The molecule has 4 heteroatoms. The van der Waals surface area contributed by atoms with Gasteiger partial charge in [0.2, 0.25) is 5.91 Å². The highest BCUT2D eigenvalue weighted by atomic mass is 16.2. The molecular weight excluding hydrogens is 250 g/mol. The highest BCUT2D eigenvalue weighted by molar-refractivity contribution is 5.76.